The number of rotatable bonds is 4. The van der Waals surface area contributed by atoms with Gasteiger partial charge in [0.1, 0.15) is 6.61 Å². The molecule has 1 rings (SSSR count). The molecule has 0 aliphatic heterocycles. The number of carbonyl (C=O) groups excluding carboxylic acids is 2. The van der Waals surface area contributed by atoms with Gasteiger partial charge < -0.3 is 19.7 Å². The number of ether oxygens (including phenoxy) is 2. The first-order chi connectivity index (χ1) is 8.08. The van der Waals surface area contributed by atoms with Crippen LogP contribution in [0.2, 0.25) is 0 Å². The highest BCUT2D eigenvalue weighted by Gasteiger charge is 2.13. The first-order valence-electron chi connectivity index (χ1n) is 4.90. The summed E-state index contributed by atoms with van der Waals surface area (Å²) < 4.78 is 9.36. The Hall–Kier alpha value is -2.08. The van der Waals surface area contributed by atoms with Gasteiger partial charge in [-0.05, 0) is 25.1 Å². The Morgan fingerprint density at radius 2 is 2.06 bits per heavy atom. The van der Waals surface area contributed by atoms with Crippen molar-refractivity contribution < 1.29 is 29.3 Å². The molecule has 0 aliphatic carbocycles. The SMILES string of the molecule is CCOC(=O)c1ccc(O)c(OC(=O)CO)c1. The molecule has 0 saturated heterocycles. The van der Waals surface area contributed by atoms with Crippen molar-refractivity contribution in [2.24, 2.45) is 0 Å². The maximum atomic E-state index is 11.4. The van der Waals surface area contributed by atoms with E-state index in [0.29, 0.717) is 0 Å². The number of aliphatic hydroxyl groups excluding tert-OH is 1. The van der Waals surface area contributed by atoms with Crippen molar-refractivity contribution in [1.82, 2.24) is 0 Å². The summed E-state index contributed by atoms with van der Waals surface area (Å²) in [6.07, 6.45) is 0. The molecule has 0 atom stereocenters. The zero-order valence-corrected chi connectivity index (χ0v) is 9.17. The van der Waals surface area contributed by atoms with E-state index in [1.807, 2.05) is 0 Å². The Kier molecular flexibility index (Phi) is 4.47. The van der Waals surface area contributed by atoms with Gasteiger partial charge in [-0.15, -0.1) is 0 Å². The molecule has 1 aromatic rings. The van der Waals surface area contributed by atoms with Crippen molar-refractivity contribution >= 4 is 11.9 Å². The van der Waals surface area contributed by atoms with E-state index in [4.69, 9.17) is 9.84 Å². The van der Waals surface area contributed by atoms with Crippen LogP contribution in [0.4, 0.5) is 0 Å². The fraction of sp³-hybridized carbons (Fsp3) is 0.273. The van der Waals surface area contributed by atoms with Crippen LogP contribution >= 0.6 is 0 Å². The Bertz CT molecular complexity index is 426. The third-order valence-electron chi connectivity index (χ3n) is 1.82. The molecule has 0 spiro atoms. The molecule has 6 nitrogen and oxygen atoms in total. The van der Waals surface area contributed by atoms with Crippen molar-refractivity contribution in [3.8, 4) is 11.5 Å². The second-order valence-corrected chi connectivity index (χ2v) is 3.04. The van der Waals surface area contributed by atoms with Crippen LogP contribution in [0.3, 0.4) is 0 Å². The lowest BCUT2D eigenvalue weighted by Crippen LogP contribution is -2.13. The van der Waals surface area contributed by atoms with E-state index in [1.54, 1.807) is 6.92 Å². The average molecular weight is 240 g/mol. The van der Waals surface area contributed by atoms with Crippen molar-refractivity contribution in [1.29, 1.82) is 0 Å². The van der Waals surface area contributed by atoms with Gasteiger partial charge in [0.05, 0.1) is 12.2 Å². The fourth-order valence-corrected chi connectivity index (χ4v) is 1.09. The summed E-state index contributed by atoms with van der Waals surface area (Å²) >= 11 is 0. The lowest BCUT2D eigenvalue weighted by molar-refractivity contribution is -0.137. The second-order valence-electron chi connectivity index (χ2n) is 3.04. The highest BCUT2D eigenvalue weighted by Crippen LogP contribution is 2.27. The van der Waals surface area contributed by atoms with Gasteiger partial charge in [-0.25, -0.2) is 9.59 Å². The number of aliphatic hydroxyl groups is 1. The van der Waals surface area contributed by atoms with Gasteiger partial charge >= 0.3 is 11.9 Å². The molecule has 0 aliphatic rings. The Morgan fingerprint density at radius 1 is 1.35 bits per heavy atom. The number of phenols is 1. The average Bonchev–Trinajstić information content (AvgIpc) is 2.32. The van der Waals surface area contributed by atoms with Gasteiger partial charge in [0, 0.05) is 0 Å². The van der Waals surface area contributed by atoms with Crippen LogP contribution in [0.25, 0.3) is 0 Å². The predicted octanol–water partition coefficient (Wildman–Crippen LogP) is 0.467. The van der Waals surface area contributed by atoms with E-state index < -0.39 is 18.5 Å². The first-order valence-corrected chi connectivity index (χ1v) is 4.90. The van der Waals surface area contributed by atoms with Gasteiger partial charge in [-0.2, -0.15) is 0 Å². The molecule has 6 heteroatoms. The topological polar surface area (TPSA) is 93.1 Å². The van der Waals surface area contributed by atoms with Crippen LogP contribution in [0, 0.1) is 0 Å². The third kappa shape index (κ3) is 3.46. The van der Waals surface area contributed by atoms with Crippen LogP contribution in [0.1, 0.15) is 17.3 Å². The number of benzene rings is 1. The van der Waals surface area contributed by atoms with Crippen LogP contribution in [-0.2, 0) is 9.53 Å². The van der Waals surface area contributed by atoms with E-state index in [-0.39, 0.29) is 23.7 Å². The predicted molar refractivity (Wildman–Crippen MR) is 56.8 cm³/mol. The van der Waals surface area contributed by atoms with E-state index in [9.17, 15) is 14.7 Å². The summed E-state index contributed by atoms with van der Waals surface area (Å²) in [5, 5.41) is 17.9. The summed E-state index contributed by atoms with van der Waals surface area (Å²) in [4.78, 5) is 22.2. The molecule has 0 amide bonds. The number of phenolic OH excluding ortho intramolecular Hbond substituents is 1. The number of hydrogen-bond donors (Lipinski definition) is 2. The zero-order chi connectivity index (χ0) is 12.8. The second kappa shape index (κ2) is 5.86. The smallest absolute Gasteiger partial charge is 0.338 e. The van der Waals surface area contributed by atoms with Gasteiger partial charge in [0.25, 0.3) is 0 Å². The zero-order valence-electron chi connectivity index (χ0n) is 9.17. The summed E-state index contributed by atoms with van der Waals surface area (Å²) in [7, 11) is 0. The molecule has 1 aromatic carbocycles. The molecule has 0 bridgehead atoms. The van der Waals surface area contributed by atoms with Crippen molar-refractivity contribution in [3.63, 3.8) is 0 Å². The molecule has 0 saturated carbocycles. The van der Waals surface area contributed by atoms with Gasteiger partial charge in [0.15, 0.2) is 11.5 Å². The summed E-state index contributed by atoms with van der Waals surface area (Å²) in [5.41, 5.74) is 0.144. The molecule has 0 aromatic heterocycles. The lowest BCUT2D eigenvalue weighted by atomic mass is 10.2. The first kappa shape index (κ1) is 13.0. The van der Waals surface area contributed by atoms with E-state index in [2.05, 4.69) is 4.74 Å². The molecule has 0 unspecified atom stereocenters. The van der Waals surface area contributed by atoms with E-state index >= 15 is 0 Å². The number of esters is 2. The summed E-state index contributed by atoms with van der Waals surface area (Å²) in [6.45, 7) is 1.06. The van der Waals surface area contributed by atoms with E-state index in [1.165, 1.54) is 18.2 Å². The molecule has 0 heterocycles. The van der Waals surface area contributed by atoms with Gasteiger partial charge in [-0.3, -0.25) is 0 Å². The molecule has 0 radical (unpaired) electrons. The fourth-order valence-electron chi connectivity index (χ4n) is 1.09. The number of aromatic hydroxyl groups is 1. The number of hydrogen-bond acceptors (Lipinski definition) is 6. The maximum absolute atomic E-state index is 11.4. The van der Waals surface area contributed by atoms with Crippen LogP contribution in [-0.4, -0.2) is 35.4 Å². The van der Waals surface area contributed by atoms with Crippen LogP contribution in [0.15, 0.2) is 18.2 Å². The molecule has 2 N–H and O–H groups in total. The Morgan fingerprint density at radius 3 is 2.65 bits per heavy atom. The minimum atomic E-state index is -0.929. The van der Waals surface area contributed by atoms with Crippen LogP contribution < -0.4 is 4.74 Å². The molecular formula is C11H12O6. The molecular weight excluding hydrogens is 228 g/mol. The Balaban J connectivity index is 2.93. The third-order valence-corrected chi connectivity index (χ3v) is 1.82. The van der Waals surface area contributed by atoms with Crippen molar-refractivity contribution in [2.45, 2.75) is 6.92 Å². The minimum absolute atomic E-state index is 0.144. The largest absolute Gasteiger partial charge is 0.504 e. The normalized spacial score (nSPS) is 9.76. The Labute approximate surface area is 97.4 Å². The molecule has 17 heavy (non-hydrogen) atoms. The highest BCUT2D eigenvalue weighted by molar-refractivity contribution is 5.90. The quantitative estimate of drug-likeness (QED) is 0.587. The number of carbonyl (C=O) groups is 2. The highest BCUT2D eigenvalue weighted by atomic mass is 16.6. The monoisotopic (exact) mass is 240 g/mol. The maximum Gasteiger partial charge on any atom is 0.338 e. The van der Waals surface area contributed by atoms with E-state index in [0.717, 1.165) is 0 Å². The molecule has 92 valence electrons. The van der Waals surface area contributed by atoms with Gasteiger partial charge in [-0.1, -0.05) is 0 Å². The standard InChI is InChI=1S/C11H12O6/c1-2-16-11(15)7-3-4-8(13)9(5-7)17-10(14)6-12/h3-5,12-13H,2,6H2,1H3. The van der Waals surface area contributed by atoms with Gasteiger partial charge in [0.2, 0.25) is 0 Å². The minimum Gasteiger partial charge on any atom is -0.504 e. The lowest BCUT2D eigenvalue weighted by Gasteiger charge is -2.07. The van der Waals surface area contributed by atoms with Crippen molar-refractivity contribution in [3.05, 3.63) is 23.8 Å². The molecule has 0 fully saturated rings. The summed E-state index contributed by atoms with van der Waals surface area (Å²) in [6, 6.07) is 3.71. The summed E-state index contributed by atoms with van der Waals surface area (Å²) in [5.74, 6) is -2.02. The van der Waals surface area contributed by atoms with Crippen LogP contribution in [0.5, 0.6) is 11.5 Å². The van der Waals surface area contributed by atoms with Crippen molar-refractivity contribution in [2.75, 3.05) is 13.2 Å².